The van der Waals surface area contributed by atoms with E-state index in [1.54, 1.807) is 0 Å². The Morgan fingerprint density at radius 3 is 1.55 bits per heavy atom. The molecule has 0 N–H and O–H groups in total. The maximum absolute atomic E-state index is 6.83. The zero-order valence-corrected chi connectivity index (χ0v) is 30.2. The lowest BCUT2D eigenvalue weighted by Gasteiger charge is -2.11. The quantitative estimate of drug-likeness (QED) is 0.172. The van der Waals surface area contributed by atoms with Crippen LogP contribution in [-0.4, -0.2) is 19.5 Å². The SMILES string of the molecule is c1ccc(-c2nc(-c3ccccc3)nc(-c3ccc(-c4ccccc4)c4oc5ccc(-c6ccc7c(c6)c6ccccc6n7-c6ccccc6)cc5c34)n2)cc1. The van der Waals surface area contributed by atoms with Crippen LogP contribution in [0.4, 0.5) is 0 Å². The van der Waals surface area contributed by atoms with E-state index in [4.69, 9.17) is 19.4 Å². The van der Waals surface area contributed by atoms with Crippen molar-refractivity contribution in [3.8, 4) is 62.1 Å². The predicted octanol–water partition coefficient (Wildman–Crippen LogP) is 13.2. The molecule has 0 radical (unpaired) electrons. The molecule has 0 amide bonds. The summed E-state index contributed by atoms with van der Waals surface area (Å²) in [6.07, 6.45) is 0. The summed E-state index contributed by atoms with van der Waals surface area (Å²) in [5.41, 5.74) is 12.1. The molecule has 5 nitrogen and oxygen atoms in total. The van der Waals surface area contributed by atoms with Gasteiger partial charge in [0.2, 0.25) is 0 Å². The highest BCUT2D eigenvalue weighted by atomic mass is 16.3. The summed E-state index contributed by atoms with van der Waals surface area (Å²) in [6, 6.07) is 67.4. The van der Waals surface area contributed by atoms with Crippen LogP contribution in [-0.2, 0) is 0 Å². The van der Waals surface area contributed by atoms with Crippen LogP contribution in [0.25, 0.3) is 106 Å². The number of hydrogen-bond acceptors (Lipinski definition) is 4. The van der Waals surface area contributed by atoms with Gasteiger partial charge in [-0.1, -0.05) is 140 Å². The highest BCUT2D eigenvalue weighted by Crippen LogP contribution is 2.43. The molecule has 0 spiro atoms. The third-order valence-corrected chi connectivity index (χ3v) is 10.7. The third kappa shape index (κ3) is 5.29. The van der Waals surface area contributed by atoms with E-state index in [0.29, 0.717) is 17.5 Å². The van der Waals surface area contributed by atoms with Crippen LogP contribution in [0.3, 0.4) is 0 Å². The van der Waals surface area contributed by atoms with E-state index in [1.807, 2.05) is 66.7 Å². The van der Waals surface area contributed by atoms with Gasteiger partial charge in [0, 0.05) is 49.5 Å². The molecule has 0 aliphatic carbocycles. The fourth-order valence-electron chi connectivity index (χ4n) is 8.03. The molecule has 0 bridgehead atoms. The van der Waals surface area contributed by atoms with E-state index in [2.05, 4.69) is 132 Å². The summed E-state index contributed by atoms with van der Waals surface area (Å²) in [5.74, 6) is 1.82. The average molecular weight is 717 g/mol. The maximum atomic E-state index is 6.83. The van der Waals surface area contributed by atoms with Gasteiger partial charge in [-0.15, -0.1) is 0 Å². The summed E-state index contributed by atoms with van der Waals surface area (Å²) in [6.45, 7) is 0. The van der Waals surface area contributed by atoms with E-state index < -0.39 is 0 Å². The molecule has 5 heteroatoms. The second kappa shape index (κ2) is 13.0. The van der Waals surface area contributed by atoms with Crippen molar-refractivity contribution < 1.29 is 4.42 Å². The highest BCUT2D eigenvalue weighted by molar-refractivity contribution is 6.17. The largest absolute Gasteiger partial charge is 0.455 e. The number of hydrogen-bond donors (Lipinski definition) is 0. The van der Waals surface area contributed by atoms with Crippen LogP contribution < -0.4 is 0 Å². The van der Waals surface area contributed by atoms with E-state index in [1.165, 1.54) is 21.8 Å². The van der Waals surface area contributed by atoms with Crippen molar-refractivity contribution in [2.45, 2.75) is 0 Å². The van der Waals surface area contributed by atoms with Gasteiger partial charge in [-0.3, -0.25) is 0 Å². The zero-order chi connectivity index (χ0) is 37.0. The molecule has 0 fully saturated rings. The third-order valence-electron chi connectivity index (χ3n) is 10.7. The first-order valence-corrected chi connectivity index (χ1v) is 18.8. The first-order valence-electron chi connectivity index (χ1n) is 18.8. The number of nitrogens with zero attached hydrogens (tertiary/aromatic N) is 4. The highest BCUT2D eigenvalue weighted by Gasteiger charge is 2.22. The van der Waals surface area contributed by atoms with Crippen molar-refractivity contribution in [3.05, 3.63) is 194 Å². The van der Waals surface area contributed by atoms with E-state index >= 15 is 0 Å². The Morgan fingerprint density at radius 1 is 0.357 bits per heavy atom. The number of furan rings is 1. The molecule has 3 heterocycles. The Kier molecular flexibility index (Phi) is 7.42. The molecule has 0 saturated heterocycles. The second-order valence-electron chi connectivity index (χ2n) is 14.0. The number of para-hydroxylation sites is 2. The van der Waals surface area contributed by atoms with Crippen LogP contribution in [0, 0.1) is 0 Å². The maximum Gasteiger partial charge on any atom is 0.164 e. The van der Waals surface area contributed by atoms with Gasteiger partial charge in [0.15, 0.2) is 17.5 Å². The zero-order valence-electron chi connectivity index (χ0n) is 30.2. The van der Waals surface area contributed by atoms with Gasteiger partial charge in [0.25, 0.3) is 0 Å². The lowest BCUT2D eigenvalue weighted by atomic mass is 9.96. The van der Waals surface area contributed by atoms with Crippen molar-refractivity contribution in [1.82, 2.24) is 19.5 Å². The van der Waals surface area contributed by atoms with Crippen molar-refractivity contribution in [2.24, 2.45) is 0 Å². The van der Waals surface area contributed by atoms with Gasteiger partial charge >= 0.3 is 0 Å². The molecular formula is C51H32N4O. The normalized spacial score (nSPS) is 11.6. The molecule has 3 aromatic heterocycles. The van der Waals surface area contributed by atoms with Crippen LogP contribution >= 0.6 is 0 Å². The lowest BCUT2D eigenvalue weighted by molar-refractivity contribution is 0.670. The minimum atomic E-state index is 0.588. The van der Waals surface area contributed by atoms with Crippen molar-refractivity contribution in [1.29, 1.82) is 0 Å². The van der Waals surface area contributed by atoms with Gasteiger partial charge in [0.1, 0.15) is 11.2 Å². The number of fused-ring (bicyclic) bond motifs is 6. The molecular weight excluding hydrogens is 685 g/mol. The Bertz CT molecular complexity index is 3170. The van der Waals surface area contributed by atoms with Gasteiger partial charge in [-0.25, -0.2) is 15.0 Å². The summed E-state index contributed by atoms with van der Waals surface area (Å²) in [4.78, 5) is 15.3. The number of aromatic nitrogens is 4. The van der Waals surface area contributed by atoms with Gasteiger partial charge in [-0.2, -0.15) is 0 Å². The summed E-state index contributed by atoms with van der Waals surface area (Å²) in [7, 11) is 0. The second-order valence-corrected chi connectivity index (χ2v) is 14.0. The van der Waals surface area contributed by atoms with Crippen LogP contribution in [0.1, 0.15) is 0 Å². The van der Waals surface area contributed by atoms with Gasteiger partial charge < -0.3 is 8.98 Å². The molecule has 11 aromatic rings. The first kappa shape index (κ1) is 31.9. The number of benzene rings is 8. The fourth-order valence-corrected chi connectivity index (χ4v) is 8.03. The number of rotatable bonds is 6. The minimum absolute atomic E-state index is 0.588. The molecule has 11 rings (SSSR count). The molecule has 0 unspecified atom stereocenters. The fraction of sp³-hybridized carbons (Fsp3) is 0. The van der Waals surface area contributed by atoms with E-state index in [-0.39, 0.29) is 0 Å². The van der Waals surface area contributed by atoms with Crippen LogP contribution in [0.15, 0.2) is 199 Å². The topological polar surface area (TPSA) is 56.7 Å². The monoisotopic (exact) mass is 716 g/mol. The Hall–Kier alpha value is -7.63. The standard InChI is InChI=1S/C51H32N4O/c1-5-15-33(16-6-1)39-27-28-41(51-53-49(34-17-7-2-8-18-34)52-50(54-51)35-19-9-3-10-20-35)47-43-32-37(26-30-46(43)56-48(39)47)36-25-29-45-42(31-36)40-23-13-14-24-44(40)55(45)38-21-11-4-12-22-38/h1-32H. The molecule has 56 heavy (non-hydrogen) atoms. The van der Waals surface area contributed by atoms with Crippen molar-refractivity contribution in [3.63, 3.8) is 0 Å². The van der Waals surface area contributed by atoms with Crippen LogP contribution in [0.5, 0.6) is 0 Å². The van der Waals surface area contributed by atoms with Crippen molar-refractivity contribution >= 4 is 43.7 Å². The minimum Gasteiger partial charge on any atom is -0.455 e. The lowest BCUT2D eigenvalue weighted by Crippen LogP contribution is -2.00. The summed E-state index contributed by atoms with van der Waals surface area (Å²) in [5, 5.41) is 4.39. The summed E-state index contributed by atoms with van der Waals surface area (Å²) >= 11 is 0. The van der Waals surface area contributed by atoms with E-state index in [0.717, 1.165) is 66.6 Å². The summed E-state index contributed by atoms with van der Waals surface area (Å²) < 4.78 is 9.17. The first-order chi connectivity index (χ1) is 27.8. The Balaban J connectivity index is 1.15. The molecule has 262 valence electrons. The van der Waals surface area contributed by atoms with Gasteiger partial charge in [0.05, 0.1) is 11.0 Å². The average Bonchev–Trinajstić information content (AvgIpc) is 3.83. The Morgan fingerprint density at radius 2 is 0.875 bits per heavy atom. The molecule has 0 saturated carbocycles. The Labute approximate surface area is 322 Å². The smallest absolute Gasteiger partial charge is 0.164 e. The predicted molar refractivity (Wildman–Crippen MR) is 229 cm³/mol. The molecule has 0 aliphatic heterocycles. The van der Waals surface area contributed by atoms with E-state index in [9.17, 15) is 0 Å². The van der Waals surface area contributed by atoms with Gasteiger partial charge in [-0.05, 0) is 71.3 Å². The molecule has 0 aliphatic rings. The van der Waals surface area contributed by atoms with Crippen molar-refractivity contribution in [2.75, 3.05) is 0 Å². The molecule has 0 atom stereocenters. The van der Waals surface area contributed by atoms with Crippen LogP contribution in [0.2, 0.25) is 0 Å². The molecule has 8 aromatic carbocycles.